The fraction of sp³-hybridized carbons (Fsp3) is 0.462. The van der Waals surface area contributed by atoms with Gasteiger partial charge in [-0.1, -0.05) is 23.7 Å². The van der Waals surface area contributed by atoms with Crippen LogP contribution in [0.25, 0.3) is 0 Å². The summed E-state index contributed by atoms with van der Waals surface area (Å²) in [5.74, 6) is -0.801. The number of hydrogen-bond acceptors (Lipinski definition) is 2. The van der Waals surface area contributed by atoms with E-state index in [0.29, 0.717) is 6.54 Å². The van der Waals surface area contributed by atoms with Crippen LogP contribution in [0.4, 0.5) is 0 Å². The molecule has 1 aromatic rings. The zero-order chi connectivity index (χ0) is 13.1. The summed E-state index contributed by atoms with van der Waals surface area (Å²) >= 11 is 6.03. The molecule has 0 unspecified atom stereocenters. The molecule has 94 valence electrons. The van der Waals surface area contributed by atoms with Crippen molar-refractivity contribution in [2.75, 3.05) is 0 Å². The lowest BCUT2D eigenvalue weighted by Crippen LogP contribution is -2.40. The lowest BCUT2D eigenvalue weighted by atomic mass is 10.0. The number of nitrogens with one attached hydrogen (secondary N) is 1. The number of benzene rings is 1. The molecule has 0 heterocycles. The van der Waals surface area contributed by atoms with Gasteiger partial charge in [0, 0.05) is 17.1 Å². The fourth-order valence-corrected chi connectivity index (χ4v) is 1.73. The van der Waals surface area contributed by atoms with Gasteiger partial charge in [0.25, 0.3) is 0 Å². The van der Waals surface area contributed by atoms with Crippen LogP contribution in [0.15, 0.2) is 18.2 Å². The summed E-state index contributed by atoms with van der Waals surface area (Å²) in [5.41, 5.74) is 1.67. The van der Waals surface area contributed by atoms with Gasteiger partial charge in [-0.3, -0.25) is 4.79 Å². The summed E-state index contributed by atoms with van der Waals surface area (Å²) < 4.78 is 0. The van der Waals surface area contributed by atoms with Crippen molar-refractivity contribution in [1.29, 1.82) is 0 Å². The molecule has 2 N–H and O–H groups in total. The third kappa shape index (κ3) is 4.75. The van der Waals surface area contributed by atoms with E-state index in [4.69, 9.17) is 16.7 Å². The zero-order valence-corrected chi connectivity index (χ0v) is 11.1. The van der Waals surface area contributed by atoms with Crippen LogP contribution in [0.1, 0.15) is 31.4 Å². The second-order valence-electron chi connectivity index (χ2n) is 4.89. The highest BCUT2D eigenvalue weighted by Gasteiger charge is 2.20. The van der Waals surface area contributed by atoms with Crippen molar-refractivity contribution in [3.8, 4) is 0 Å². The van der Waals surface area contributed by atoms with Crippen molar-refractivity contribution in [2.24, 2.45) is 0 Å². The quantitative estimate of drug-likeness (QED) is 0.850. The molecule has 0 bridgehead atoms. The number of halogens is 1. The molecule has 1 aromatic carbocycles. The molecule has 0 fully saturated rings. The standard InChI is InChI=1S/C13H18ClNO2/c1-9-4-5-10(6-11(9)14)8-15-13(2,3)7-12(16)17/h4-6,15H,7-8H2,1-3H3,(H,16,17). The Bertz CT molecular complexity index is 416. The molecule has 0 radical (unpaired) electrons. The molecule has 0 aliphatic carbocycles. The smallest absolute Gasteiger partial charge is 0.305 e. The monoisotopic (exact) mass is 255 g/mol. The first-order chi connectivity index (χ1) is 7.80. The van der Waals surface area contributed by atoms with Gasteiger partial charge in [-0.25, -0.2) is 0 Å². The van der Waals surface area contributed by atoms with Crippen LogP contribution in [-0.4, -0.2) is 16.6 Å². The first kappa shape index (κ1) is 14.0. The van der Waals surface area contributed by atoms with Gasteiger partial charge >= 0.3 is 5.97 Å². The van der Waals surface area contributed by atoms with Crippen LogP contribution < -0.4 is 5.32 Å². The Morgan fingerprint density at radius 3 is 2.65 bits per heavy atom. The van der Waals surface area contributed by atoms with E-state index in [1.54, 1.807) is 0 Å². The van der Waals surface area contributed by atoms with E-state index in [2.05, 4.69) is 5.32 Å². The van der Waals surface area contributed by atoms with Crippen molar-refractivity contribution >= 4 is 17.6 Å². The molecule has 3 nitrogen and oxygen atoms in total. The summed E-state index contributed by atoms with van der Waals surface area (Å²) in [6.07, 6.45) is 0.0899. The highest BCUT2D eigenvalue weighted by Crippen LogP contribution is 2.17. The SMILES string of the molecule is Cc1ccc(CNC(C)(C)CC(=O)O)cc1Cl. The van der Waals surface area contributed by atoms with Gasteiger partial charge in [0.2, 0.25) is 0 Å². The van der Waals surface area contributed by atoms with E-state index >= 15 is 0 Å². The van der Waals surface area contributed by atoms with Gasteiger partial charge in [-0.15, -0.1) is 0 Å². The average molecular weight is 256 g/mol. The van der Waals surface area contributed by atoms with E-state index in [-0.39, 0.29) is 6.42 Å². The highest BCUT2D eigenvalue weighted by molar-refractivity contribution is 6.31. The van der Waals surface area contributed by atoms with Crippen LogP contribution in [0.2, 0.25) is 5.02 Å². The molecule has 17 heavy (non-hydrogen) atoms. The predicted molar refractivity (Wildman–Crippen MR) is 69.4 cm³/mol. The number of carbonyl (C=O) groups is 1. The Kier molecular flexibility index (Phi) is 4.54. The third-order valence-corrected chi connectivity index (χ3v) is 3.01. The van der Waals surface area contributed by atoms with E-state index in [1.807, 2.05) is 39.0 Å². The summed E-state index contributed by atoms with van der Waals surface area (Å²) in [6, 6.07) is 5.86. The van der Waals surface area contributed by atoms with Crippen molar-refractivity contribution in [3.05, 3.63) is 34.3 Å². The third-order valence-electron chi connectivity index (χ3n) is 2.60. The molecular weight excluding hydrogens is 238 g/mol. The van der Waals surface area contributed by atoms with Gasteiger partial charge in [0.05, 0.1) is 6.42 Å². The molecule has 0 atom stereocenters. The van der Waals surface area contributed by atoms with E-state index in [1.165, 1.54) is 0 Å². The highest BCUT2D eigenvalue weighted by atomic mass is 35.5. The molecule has 0 saturated carbocycles. The van der Waals surface area contributed by atoms with Crippen molar-refractivity contribution in [1.82, 2.24) is 5.32 Å². The summed E-state index contributed by atoms with van der Waals surface area (Å²) in [5, 5.41) is 12.7. The van der Waals surface area contributed by atoms with Crippen LogP contribution in [0.5, 0.6) is 0 Å². The summed E-state index contributed by atoms with van der Waals surface area (Å²) in [7, 11) is 0. The van der Waals surface area contributed by atoms with Crippen molar-refractivity contribution in [3.63, 3.8) is 0 Å². The minimum absolute atomic E-state index is 0.0899. The first-order valence-electron chi connectivity index (χ1n) is 5.52. The maximum Gasteiger partial charge on any atom is 0.305 e. The maximum atomic E-state index is 10.7. The second-order valence-corrected chi connectivity index (χ2v) is 5.30. The van der Waals surface area contributed by atoms with Crippen molar-refractivity contribution < 1.29 is 9.90 Å². The lowest BCUT2D eigenvalue weighted by Gasteiger charge is -2.24. The molecule has 1 rings (SSSR count). The van der Waals surface area contributed by atoms with Gasteiger partial charge < -0.3 is 10.4 Å². The Labute approximate surface area is 107 Å². The van der Waals surface area contributed by atoms with Crippen LogP contribution in [0, 0.1) is 6.92 Å². The molecule has 0 spiro atoms. The number of carboxylic acids is 1. The Hall–Kier alpha value is -1.06. The lowest BCUT2D eigenvalue weighted by molar-refractivity contribution is -0.138. The maximum absolute atomic E-state index is 10.7. The number of rotatable bonds is 5. The predicted octanol–water partition coefficient (Wildman–Crippen LogP) is 2.99. The van der Waals surface area contributed by atoms with E-state index < -0.39 is 11.5 Å². The van der Waals surface area contributed by atoms with Gasteiger partial charge in [0.15, 0.2) is 0 Å². The molecule has 4 heteroatoms. The largest absolute Gasteiger partial charge is 0.481 e. The second kappa shape index (κ2) is 5.52. The van der Waals surface area contributed by atoms with Crippen molar-refractivity contribution in [2.45, 2.75) is 39.3 Å². The molecule has 0 aromatic heterocycles. The number of carboxylic acid groups (broad SMARTS) is 1. The zero-order valence-electron chi connectivity index (χ0n) is 10.4. The normalized spacial score (nSPS) is 11.5. The molecule has 0 saturated heterocycles. The first-order valence-corrected chi connectivity index (χ1v) is 5.90. The molecular formula is C13H18ClNO2. The van der Waals surface area contributed by atoms with E-state index in [0.717, 1.165) is 16.1 Å². The molecule has 0 aliphatic rings. The van der Waals surface area contributed by atoms with Crippen LogP contribution in [-0.2, 0) is 11.3 Å². The number of aryl methyl sites for hydroxylation is 1. The minimum atomic E-state index is -0.801. The molecule has 0 aliphatic heterocycles. The summed E-state index contributed by atoms with van der Waals surface area (Å²) in [6.45, 7) is 6.31. The van der Waals surface area contributed by atoms with Crippen LogP contribution in [0.3, 0.4) is 0 Å². The Balaban J connectivity index is 2.60. The van der Waals surface area contributed by atoms with Crippen LogP contribution >= 0.6 is 11.6 Å². The van der Waals surface area contributed by atoms with Gasteiger partial charge in [-0.2, -0.15) is 0 Å². The minimum Gasteiger partial charge on any atom is -0.481 e. The van der Waals surface area contributed by atoms with Gasteiger partial charge in [0.1, 0.15) is 0 Å². The summed E-state index contributed by atoms with van der Waals surface area (Å²) in [4.78, 5) is 10.7. The van der Waals surface area contributed by atoms with Gasteiger partial charge in [-0.05, 0) is 38.0 Å². The van der Waals surface area contributed by atoms with E-state index in [9.17, 15) is 4.79 Å². The number of aliphatic carboxylic acids is 1. The Morgan fingerprint density at radius 1 is 1.47 bits per heavy atom. The molecule has 0 amide bonds. The fourth-order valence-electron chi connectivity index (χ4n) is 1.53. The number of hydrogen-bond donors (Lipinski definition) is 2. The topological polar surface area (TPSA) is 49.3 Å². The average Bonchev–Trinajstić information content (AvgIpc) is 2.18. The Morgan fingerprint density at radius 2 is 2.12 bits per heavy atom.